The van der Waals surface area contributed by atoms with Gasteiger partial charge in [0, 0.05) is 17.1 Å². The lowest BCUT2D eigenvalue weighted by Gasteiger charge is -2.49. The average Bonchev–Trinajstić information content (AvgIpc) is 2.23. The quantitative estimate of drug-likeness (QED) is 0.730. The molecule has 1 fully saturated rings. The van der Waals surface area contributed by atoms with Crippen LogP contribution in [0, 0.1) is 0 Å². The van der Waals surface area contributed by atoms with Gasteiger partial charge in [-0.3, -0.25) is 14.5 Å². The van der Waals surface area contributed by atoms with Gasteiger partial charge in [0.2, 0.25) is 0 Å². The van der Waals surface area contributed by atoms with Gasteiger partial charge in [0.05, 0.1) is 20.2 Å². The highest BCUT2D eigenvalue weighted by Crippen LogP contribution is 2.31. The number of nitrogens with one attached hydrogen (secondary N) is 1. The topological polar surface area (TPSA) is 78.9 Å². The molecule has 0 aromatic rings. The molecule has 0 atom stereocenters. The molecule has 0 unspecified atom stereocenters. The van der Waals surface area contributed by atoms with E-state index in [1.807, 2.05) is 0 Å². The van der Waals surface area contributed by atoms with E-state index >= 15 is 0 Å². The molecule has 0 amide bonds. The van der Waals surface area contributed by atoms with Gasteiger partial charge in [0.25, 0.3) is 0 Å². The molecule has 1 saturated heterocycles. The third-order valence-electron chi connectivity index (χ3n) is 3.58. The number of carbonyl (C=O) groups is 2. The van der Waals surface area contributed by atoms with E-state index in [0.29, 0.717) is 0 Å². The molecule has 0 aromatic carbocycles. The van der Waals surface area contributed by atoms with E-state index in [-0.39, 0.29) is 30.2 Å². The highest BCUT2D eigenvalue weighted by atomic mass is 16.5. The Kier molecular flexibility index (Phi) is 5.15. The second kappa shape index (κ2) is 6.10. The van der Waals surface area contributed by atoms with E-state index in [0.717, 1.165) is 12.8 Å². The van der Waals surface area contributed by atoms with Crippen molar-refractivity contribution < 1.29 is 19.4 Å². The summed E-state index contributed by atoms with van der Waals surface area (Å²) in [5.74, 6) is -1.33. The molecular weight excluding hydrogens is 260 g/mol. The molecule has 6 heteroatoms. The number of nitrogens with zero attached hydrogens (tertiary/aromatic N) is 1. The van der Waals surface area contributed by atoms with Crippen molar-refractivity contribution in [3.8, 4) is 0 Å². The van der Waals surface area contributed by atoms with Crippen LogP contribution < -0.4 is 5.32 Å². The van der Waals surface area contributed by atoms with E-state index < -0.39 is 11.9 Å². The Morgan fingerprint density at radius 3 is 2.10 bits per heavy atom. The number of hydrogen-bond donors (Lipinski definition) is 2. The number of rotatable bonds is 5. The fourth-order valence-corrected chi connectivity index (χ4v) is 3.24. The molecule has 0 radical (unpaired) electrons. The summed E-state index contributed by atoms with van der Waals surface area (Å²) < 4.78 is 4.67. The van der Waals surface area contributed by atoms with Gasteiger partial charge in [-0.15, -0.1) is 0 Å². The molecule has 0 aromatic heterocycles. The molecule has 0 spiro atoms. The van der Waals surface area contributed by atoms with Crippen LogP contribution >= 0.6 is 0 Å². The predicted molar refractivity (Wildman–Crippen MR) is 75.5 cm³/mol. The lowest BCUT2D eigenvalue weighted by molar-refractivity contribution is -0.146. The van der Waals surface area contributed by atoms with Crippen LogP contribution in [0.1, 0.15) is 40.5 Å². The molecule has 0 aliphatic carbocycles. The highest BCUT2D eigenvalue weighted by Gasteiger charge is 2.40. The van der Waals surface area contributed by atoms with E-state index in [4.69, 9.17) is 5.11 Å². The Bertz CT molecular complexity index is 363. The number of hydrogen-bond acceptors (Lipinski definition) is 5. The molecule has 1 heterocycles. The summed E-state index contributed by atoms with van der Waals surface area (Å²) in [6.45, 7) is 8.25. The molecule has 0 saturated carbocycles. The largest absolute Gasteiger partial charge is 0.480 e. The van der Waals surface area contributed by atoms with Gasteiger partial charge in [-0.25, -0.2) is 0 Å². The van der Waals surface area contributed by atoms with Crippen LogP contribution in [-0.2, 0) is 14.3 Å². The van der Waals surface area contributed by atoms with Crippen LogP contribution in [0.2, 0.25) is 0 Å². The van der Waals surface area contributed by atoms with Gasteiger partial charge < -0.3 is 15.2 Å². The molecule has 0 bridgehead atoms. The predicted octanol–water partition coefficient (Wildman–Crippen LogP) is 0.855. The zero-order chi connectivity index (χ0) is 15.6. The summed E-state index contributed by atoms with van der Waals surface area (Å²) in [5.41, 5.74) is -0.196. The van der Waals surface area contributed by atoms with Crippen LogP contribution in [0.15, 0.2) is 0 Å². The van der Waals surface area contributed by atoms with Crippen molar-refractivity contribution in [1.29, 1.82) is 0 Å². The van der Waals surface area contributed by atoms with Crippen LogP contribution in [-0.4, -0.2) is 59.3 Å². The van der Waals surface area contributed by atoms with Gasteiger partial charge in [0.15, 0.2) is 0 Å². The number of ether oxygens (including phenoxy) is 1. The van der Waals surface area contributed by atoms with E-state index in [1.54, 1.807) is 4.90 Å². The van der Waals surface area contributed by atoms with Gasteiger partial charge in [-0.1, -0.05) is 0 Å². The Balaban J connectivity index is 2.88. The number of aliphatic carboxylic acids is 1. The Labute approximate surface area is 120 Å². The third-order valence-corrected chi connectivity index (χ3v) is 3.58. The SMILES string of the molecule is COC(=O)CN(CC(=O)O)C1CC(C)(C)NC(C)(C)C1. The Morgan fingerprint density at radius 2 is 1.70 bits per heavy atom. The maximum Gasteiger partial charge on any atom is 0.319 e. The summed E-state index contributed by atoms with van der Waals surface area (Å²) >= 11 is 0. The van der Waals surface area contributed by atoms with Crippen molar-refractivity contribution in [1.82, 2.24) is 10.2 Å². The molecule has 1 rings (SSSR count). The summed E-state index contributed by atoms with van der Waals surface area (Å²) in [6, 6.07) is 0.0384. The number of carboxylic acid groups (broad SMARTS) is 1. The Hall–Kier alpha value is -1.14. The van der Waals surface area contributed by atoms with E-state index in [2.05, 4.69) is 37.7 Å². The third kappa shape index (κ3) is 5.09. The minimum atomic E-state index is -0.928. The van der Waals surface area contributed by atoms with Gasteiger partial charge in [0.1, 0.15) is 0 Å². The van der Waals surface area contributed by atoms with Crippen molar-refractivity contribution in [2.75, 3.05) is 20.2 Å². The fraction of sp³-hybridized carbons (Fsp3) is 0.857. The number of esters is 1. The van der Waals surface area contributed by atoms with Crippen molar-refractivity contribution >= 4 is 11.9 Å². The van der Waals surface area contributed by atoms with Crippen molar-refractivity contribution in [3.63, 3.8) is 0 Å². The first-order valence-corrected chi connectivity index (χ1v) is 6.87. The summed E-state index contributed by atoms with van der Waals surface area (Å²) in [7, 11) is 1.32. The van der Waals surface area contributed by atoms with Crippen LogP contribution in [0.3, 0.4) is 0 Å². The molecule has 116 valence electrons. The second-order valence-corrected chi connectivity index (χ2v) is 6.83. The van der Waals surface area contributed by atoms with Crippen molar-refractivity contribution in [2.45, 2.75) is 57.7 Å². The summed E-state index contributed by atoms with van der Waals surface area (Å²) in [5, 5.41) is 12.6. The number of carboxylic acids is 1. The zero-order valence-electron chi connectivity index (χ0n) is 13.0. The molecule has 1 aliphatic heterocycles. The minimum Gasteiger partial charge on any atom is -0.480 e. The van der Waals surface area contributed by atoms with Gasteiger partial charge in [-0.05, 0) is 40.5 Å². The smallest absolute Gasteiger partial charge is 0.319 e. The maximum absolute atomic E-state index is 11.5. The fourth-order valence-electron chi connectivity index (χ4n) is 3.24. The molecule has 6 nitrogen and oxygen atoms in total. The summed E-state index contributed by atoms with van der Waals surface area (Å²) in [4.78, 5) is 24.2. The number of carbonyl (C=O) groups excluding carboxylic acids is 1. The maximum atomic E-state index is 11.5. The minimum absolute atomic E-state index is 0.0135. The van der Waals surface area contributed by atoms with E-state index in [1.165, 1.54) is 7.11 Å². The molecule has 2 N–H and O–H groups in total. The van der Waals surface area contributed by atoms with Crippen LogP contribution in [0.25, 0.3) is 0 Å². The average molecular weight is 286 g/mol. The first-order chi connectivity index (χ1) is 9.04. The van der Waals surface area contributed by atoms with Crippen molar-refractivity contribution in [2.24, 2.45) is 0 Å². The first-order valence-electron chi connectivity index (χ1n) is 6.87. The zero-order valence-corrected chi connectivity index (χ0v) is 13.0. The molecule has 20 heavy (non-hydrogen) atoms. The normalized spacial score (nSPS) is 21.7. The molecule has 1 aliphatic rings. The highest BCUT2D eigenvalue weighted by molar-refractivity contribution is 5.74. The first kappa shape index (κ1) is 16.9. The second-order valence-electron chi connectivity index (χ2n) is 6.83. The standard InChI is InChI=1S/C14H26N2O4/c1-13(2)6-10(7-14(3,4)15-13)16(8-11(17)18)9-12(19)20-5/h10,15H,6-9H2,1-5H3,(H,17,18). The lowest BCUT2D eigenvalue weighted by Crippen LogP contribution is -2.63. The lowest BCUT2D eigenvalue weighted by atomic mass is 9.79. The van der Waals surface area contributed by atoms with E-state index in [9.17, 15) is 9.59 Å². The monoisotopic (exact) mass is 286 g/mol. The van der Waals surface area contributed by atoms with Gasteiger partial charge in [-0.2, -0.15) is 0 Å². The Morgan fingerprint density at radius 1 is 1.20 bits per heavy atom. The van der Waals surface area contributed by atoms with Crippen molar-refractivity contribution in [3.05, 3.63) is 0 Å². The summed E-state index contributed by atoms with van der Waals surface area (Å²) in [6.07, 6.45) is 1.58. The number of methoxy groups -OCH3 is 1. The molecular formula is C14H26N2O4. The number of piperidine rings is 1. The van der Waals surface area contributed by atoms with Crippen LogP contribution in [0.4, 0.5) is 0 Å². The van der Waals surface area contributed by atoms with Crippen LogP contribution in [0.5, 0.6) is 0 Å². The van der Waals surface area contributed by atoms with Gasteiger partial charge >= 0.3 is 11.9 Å².